The summed E-state index contributed by atoms with van der Waals surface area (Å²) in [5.74, 6) is -1.12. The molecule has 1 aliphatic rings. The largest absolute Gasteiger partial charge is 0.481 e. The zero-order valence-electron chi connectivity index (χ0n) is 13.6. The van der Waals surface area contributed by atoms with Crippen molar-refractivity contribution < 1.29 is 14.7 Å². The fraction of sp³-hybridized carbons (Fsp3) is 0.467. The van der Waals surface area contributed by atoms with E-state index in [0.717, 1.165) is 0 Å². The average Bonchev–Trinajstić information content (AvgIpc) is 2.70. The zero-order valence-corrected chi connectivity index (χ0v) is 15.3. The van der Waals surface area contributed by atoms with Crippen molar-refractivity contribution in [1.82, 2.24) is 9.88 Å². The maximum atomic E-state index is 12.8. The summed E-state index contributed by atoms with van der Waals surface area (Å²) in [7, 11) is 0. The van der Waals surface area contributed by atoms with Crippen LogP contribution in [0.3, 0.4) is 0 Å². The lowest BCUT2D eigenvalue weighted by atomic mass is 10.0. The lowest BCUT2D eigenvalue weighted by Gasteiger charge is -2.30. The number of carboxylic acid groups (broad SMARTS) is 1. The molecule has 1 atom stereocenters. The number of rotatable bonds is 5. The number of thiol groups is 1. The van der Waals surface area contributed by atoms with Gasteiger partial charge in [0.2, 0.25) is 5.91 Å². The van der Waals surface area contributed by atoms with E-state index in [0.29, 0.717) is 16.3 Å². The minimum absolute atomic E-state index is 0.0801. The molecule has 2 heterocycles. The molecule has 1 aromatic rings. The molecule has 0 bridgehead atoms. The zero-order chi connectivity index (χ0) is 18.1. The molecule has 128 valence electrons. The van der Waals surface area contributed by atoms with Crippen LogP contribution in [0.2, 0.25) is 0 Å². The standard InChI is InChI=1S/C15H18N4O3S2/c1-15(2)13(22)19(14(23)18(15)5-4-12(20)21)9-6-11(24-3)10(7-16)17-8-9/h6,8,14,23H,4-5H2,1-3H3,(H,20,21). The Morgan fingerprint density at radius 3 is 2.79 bits per heavy atom. The molecule has 9 heteroatoms. The van der Waals surface area contributed by atoms with Crippen molar-refractivity contribution >= 4 is 42.0 Å². The second-order valence-corrected chi connectivity index (χ2v) is 7.08. The molecule has 0 aromatic carbocycles. The normalized spacial score (nSPS) is 20.2. The molecular weight excluding hydrogens is 348 g/mol. The first-order valence-corrected chi connectivity index (χ1v) is 8.92. The summed E-state index contributed by atoms with van der Waals surface area (Å²) in [6, 6.07) is 3.74. The Morgan fingerprint density at radius 2 is 2.25 bits per heavy atom. The monoisotopic (exact) mass is 366 g/mol. The Bertz CT molecular complexity index is 717. The van der Waals surface area contributed by atoms with E-state index < -0.39 is 17.0 Å². The van der Waals surface area contributed by atoms with Gasteiger partial charge in [0, 0.05) is 11.4 Å². The molecule has 0 aliphatic carbocycles. The second-order valence-electron chi connectivity index (χ2n) is 5.77. The van der Waals surface area contributed by atoms with Crippen molar-refractivity contribution in [3.05, 3.63) is 18.0 Å². The molecule has 1 N–H and O–H groups in total. The van der Waals surface area contributed by atoms with Crippen LogP contribution in [-0.4, -0.2) is 50.7 Å². The quantitative estimate of drug-likeness (QED) is 0.605. The van der Waals surface area contributed by atoms with Crippen molar-refractivity contribution in [2.45, 2.75) is 36.2 Å². The highest BCUT2D eigenvalue weighted by molar-refractivity contribution is 7.98. The molecule has 0 saturated carbocycles. The maximum absolute atomic E-state index is 12.8. The number of hydrogen-bond acceptors (Lipinski definition) is 7. The van der Waals surface area contributed by atoms with Crippen LogP contribution in [0.1, 0.15) is 26.0 Å². The molecule has 1 aliphatic heterocycles. The number of thioether (sulfide) groups is 1. The Hall–Kier alpha value is -1.76. The second kappa shape index (κ2) is 7.01. The third kappa shape index (κ3) is 3.22. The molecule has 1 amide bonds. The highest BCUT2D eigenvalue weighted by Gasteiger charge is 2.51. The summed E-state index contributed by atoms with van der Waals surface area (Å²) in [5, 5.41) is 18.0. The van der Waals surface area contributed by atoms with Crippen molar-refractivity contribution in [2.75, 3.05) is 17.7 Å². The van der Waals surface area contributed by atoms with Gasteiger partial charge in [-0.05, 0) is 26.2 Å². The molecule has 0 spiro atoms. The van der Waals surface area contributed by atoms with Gasteiger partial charge in [0.1, 0.15) is 11.6 Å². The van der Waals surface area contributed by atoms with Gasteiger partial charge in [0.15, 0.2) is 5.69 Å². The highest BCUT2D eigenvalue weighted by atomic mass is 32.2. The van der Waals surface area contributed by atoms with Crippen LogP contribution in [0.25, 0.3) is 0 Å². The number of pyridine rings is 1. The summed E-state index contributed by atoms with van der Waals surface area (Å²) in [5.41, 5.74) is -0.643. The predicted molar refractivity (Wildman–Crippen MR) is 94.0 cm³/mol. The van der Waals surface area contributed by atoms with Gasteiger partial charge >= 0.3 is 5.97 Å². The Kier molecular flexibility index (Phi) is 5.42. The summed E-state index contributed by atoms with van der Waals surface area (Å²) in [6.07, 6.45) is 3.22. The minimum Gasteiger partial charge on any atom is -0.481 e. The van der Waals surface area contributed by atoms with E-state index >= 15 is 0 Å². The van der Waals surface area contributed by atoms with Crippen molar-refractivity contribution in [3.8, 4) is 6.07 Å². The van der Waals surface area contributed by atoms with Gasteiger partial charge in [-0.2, -0.15) is 5.26 Å². The molecule has 2 rings (SSSR count). The summed E-state index contributed by atoms with van der Waals surface area (Å²) < 4.78 is 0. The Morgan fingerprint density at radius 1 is 1.58 bits per heavy atom. The first-order chi connectivity index (χ1) is 11.2. The van der Waals surface area contributed by atoms with E-state index in [2.05, 4.69) is 17.6 Å². The molecule has 0 radical (unpaired) electrons. The van der Waals surface area contributed by atoms with Gasteiger partial charge in [-0.25, -0.2) is 4.98 Å². The summed E-state index contributed by atoms with van der Waals surface area (Å²) in [4.78, 5) is 31.7. The number of carbonyl (C=O) groups excluding carboxylic acids is 1. The third-order valence-corrected chi connectivity index (χ3v) is 5.24. The number of nitrogens with zero attached hydrogens (tertiary/aromatic N) is 4. The van der Waals surface area contributed by atoms with Crippen molar-refractivity contribution in [3.63, 3.8) is 0 Å². The van der Waals surface area contributed by atoms with E-state index in [4.69, 9.17) is 10.4 Å². The van der Waals surface area contributed by atoms with E-state index in [1.165, 1.54) is 22.9 Å². The van der Waals surface area contributed by atoms with Crippen LogP contribution in [0.15, 0.2) is 17.2 Å². The molecule has 1 saturated heterocycles. The topological polar surface area (TPSA) is 97.5 Å². The number of anilines is 1. The lowest BCUT2D eigenvalue weighted by molar-refractivity contribution is -0.138. The fourth-order valence-corrected chi connectivity index (χ4v) is 3.79. The number of hydrogen-bond donors (Lipinski definition) is 2. The Labute approximate surface area is 150 Å². The first kappa shape index (κ1) is 18.6. The lowest BCUT2D eigenvalue weighted by Crippen LogP contribution is -2.45. The van der Waals surface area contributed by atoms with E-state index in [9.17, 15) is 9.59 Å². The number of amides is 1. The van der Waals surface area contributed by atoms with Gasteiger partial charge in [0.25, 0.3) is 0 Å². The predicted octanol–water partition coefficient (Wildman–Crippen LogP) is 1.79. The van der Waals surface area contributed by atoms with Crippen LogP contribution in [0.4, 0.5) is 5.69 Å². The first-order valence-electron chi connectivity index (χ1n) is 7.18. The molecule has 24 heavy (non-hydrogen) atoms. The van der Waals surface area contributed by atoms with Gasteiger partial charge in [-0.1, -0.05) is 0 Å². The molecule has 1 fully saturated rings. The Balaban J connectivity index is 2.39. The van der Waals surface area contributed by atoms with E-state index in [1.54, 1.807) is 24.8 Å². The average molecular weight is 366 g/mol. The smallest absolute Gasteiger partial charge is 0.304 e. The van der Waals surface area contributed by atoms with Gasteiger partial charge in [-0.15, -0.1) is 24.4 Å². The number of carboxylic acids is 1. The molecule has 1 unspecified atom stereocenters. The van der Waals surface area contributed by atoms with Gasteiger partial charge < -0.3 is 5.11 Å². The highest BCUT2D eigenvalue weighted by Crippen LogP contribution is 2.37. The van der Waals surface area contributed by atoms with Crippen LogP contribution in [-0.2, 0) is 9.59 Å². The minimum atomic E-state index is -0.929. The number of aliphatic carboxylic acids is 1. The molecule has 1 aromatic heterocycles. The van der Waals surface area contributed by atoms with Gasteiger partial charge in [-0.3, -0.25) is 19.4 Å². The maximum Gasteiger partial charge on any atom is 0.304 e. The van der Waals surface area contributed by atoms with Gasteiger partial charge in [0.05, 0.1) is 23.8 Å². The molecule has 7 nitrogen and oxygen atoms in total. The number of nitriles is 1. The van der Waals surface area contributed by atoms with E-state index in [-0.39, 0.29) is 18.9 Å². The van der Waals surface area contributed by atoms with Crippen LogP contribution in [0.5, 0.6) is 0 Å². The van der Waals surface area contributed by atoms with Crippen molar-refractivity contribution in [2.24, 2.45) is 0 Å². The number of carbonyl (C=O) groups is 2. The van der Waals surface area contributed by atoms with Crippen LogP contribution >= 0.6 is 24.4 Å². The van der Waals surface area contributed by atoms with E-state index in [1.807, 2.05) is 12.3 Å². The van der Waals surface area contributed by atoms with Crippen LogP contribution in [0, 0.1) is 11.3 Å². The third-order valence-electron chi connectivity index (χ3n) is 3.98. The van der Waals surface area contributed by atoms with Crippen molar-refractivity contribution in [1.29, 1.82) is 5.26 Å². The van der Waals surface area contributed by atoms with Crippen LogP contribution < -0.4 is 4.90 Å². The summed E-state index contributed by atoms with van der Waals surface area (Å²) in [6.45, 7) is 3.69. The number of aromatic nitrogens is 1. The fourth-order valence-electron chi connectivity index (χ4n) is 2.62. The molecular formula is C15H18N4O3S2. The summed E-state index contributed by atoms with van der Waals surface area (Å²) >= 11 is 5.89. The SMILES string of the molecule is CSc1cc(N2C(=O)C(C)(C)N(CCC(=O)O)C2S)cnc1C#N.